The van der Waals surface area contributed by atoms with Crippen LogP contribution in [0.25, 0.3) is 0 Å². The standard InChI is InChI=1S/C22H27NO3/c1-25-19-10-8-18(9-11-19)21(17-6-7-17)15-22(24)23-13-12-16-4-3-5-20(14-16)26-2/h3-5,8-11,14,17,21H,6-7,12-13,15H2,1-2H3,(H,23,24). The van der Waals surface area contributed by atoms with Gasteiger partial charge in [0.1, 0.15) is 11.5 Å². The SMILES string of the molecule is COc1ccc(C(CC(=O)NCCc2cccc(OC)c2)C2CC2)cc1. The van der Waals surface area contributed by atoms with Gasteiger partial charge >= 0.3 is 0 Å². The van der Waals surface area contributed by atoms with Crippen molar-refractivity contribution in [3.63, 3.8) is 0 Å². The minimum atomic E-state index is 0.126. The number of benzene rings is 2. The quantitative estimate of drug-likeness (QED) is 0.743. The predicted molar refractivity (Wildman–Crippen MR) is 103 cm³/mol. The molecule has 0 aromatic heterocycles. The van der Waals surface area contributed by atoms with Gasteiger partial charge in [0.2, 0.25) is 5.91 Å². The molecule has 138 valence electrons. The third kappa shape index (κ3) is 5.01. The molecule has 1 aliphatic carbocycles. The third-order valence-electron chi connectivity index (χ3n) is 5.01. The number of hydrogen-bond acceptors (Lipinski definition) is 3. The number of amides is 1. The first-order valence-electron chi connectivity index (χ1n) is 9.23. The molecule has 1 N–H and O–H groups in total. The van der Waals surface area contributed by atoms with Gasteiger partial charge in [0.05, 0.1) is 14.2 Å². The van der Waals surface area contributed by atoms with Gasteiger partial charge in [-0.25, -0.2) is 0 Å². The van der Waals surface area contributed by atoms with Crippen molar-refractivity contribution in [2.45, 2.75) is 31.6 Å². The maximum atomic E-state index is 12.4. The van der Waals surface area contributed by atoms with Crippen molar-refractivity contribution in [3.8, 4) is 11.5 Å². The normalized spacial score (nSPS) is 14.5. The van der Waals surface area contributed by atoms with Gasteiger partial charge in [-0.05, 0) is 66.5 Å². The van der Waals surface area contributed by atoms with Crippen LogP contribution >= 0.6 is 0 Å². The average Bonchev–Trinajstić information content (AvgIpc) is 3.51. The zero-order valence-corrected chi connectivity index (χ0v) is 15.5. The lowest BCUT2D eigenvalue weighted by atomic mass is 9.90. The zero-order valence-electron chi connectivity index (χ0n) is 15.5. The van der Waals surface area contributed by atoms with Gasteiger partial charge in [-0.1, -0.05) is 24.3 Å². The Balaban J connectivity index is 1.51. The molecule has 0 saturated heterocycles. The number of rotatable bonds is 9. The Morgan fingerprint density at radius 1 is 1.08 bits per heavy atom. The highest BCUT2D eigenvalue weighted by Gasteiger charge is 2.33. The first-order valence-corrected chi connectivity index (χ1v) is 9.23. The Kier molecular flexibility index (Phi) is 6.16. The summed E-state index contributed by atoms with van der Waals surface area (Å²) in [5.41, 5.74) is 2.40. The van der Waals surface area contributed by atoms with E-state index in [2.05, 4.69) is 23.5 Å². The number of hydrogen-bond donors (Lipinski definition) is 1. The molecule has 0 aliphatic heterocycles. The molecule has 2 aromatic rings. The summed E-state index contributed by atoms with van der Waals surface area (Å²) in [5, 5.41) is 3.07. The fourth-order valence-corrected chi connectivity index (χ4v) is 3.35. The molecule has 4 nitrogen and oxygen atoms in total. The minimum absolute atomic E-state index is 0.126. The van der Waals surface area contributed by atoms with Crippen LogP contribution in [0.4, 0.5) is 0 Å². The van der Waals surface area contributed by atoms with E-state index in [-0.39, 0.29) is 5.91 Å². The Morgan fingerprint density at radius 2 is 1.81 bits per heavy atom. The van der Waals surface area contributed by atoms with E-state index >= 15 is 0 Å². The smallest absolute Gasteiger partial charge is 0.220 e. The molecule has 0 radical (unpaired) electrons. The van der Waals surface area contributed by atoms with Crippen LogP contribution in [-0.2, 0) is 11.2 Å². The Bertz CT molecular complexity index is 722. The summed E-state index contributed by atoms with van der Waals surface area (Å²) in [4.78, 5) is 12.4. The number of methoxy groups -OCH3 is 2. The molecular weight excluding hydrogens is 326 g/mol. The molecule has 1 aliphatic rings. The van der Waals surface area contributed by atoms with Crippen LogP contribution in [0.15, 0.2) is 48.5 Å². The lowest BCUT2D eigenvalue weighted by Gasteiger charge is -2.17. The number of nitrogens with one attached hydrogen (secondary N) is 1. The highest BCUT2D eigenvalue weighted by Crippen LogP contribution is 2.44. The summed E-state index contributed by atoms with van der Waals surface area (Å²) in [6.07, 6.45) is 3.79. The van der Waals surface area contributed by atoms with Crippen LogP contribution < -0.4 is 14.8 Å². The molecule has 1 fully saturated rings. The predicted octanol–water partition coefficient (Wildman–Crippen LogP) is 3.95. The number of carbonyl (C=O) groups excluding carboxylic acids is 1. The average molecular weight is 353 g/mol. The van der Waals surface area contributed by atoms with Crippen LogP contribution in [0.1, 0.15) is 36.3 Å². The van der Waals surface area contributed by atoms with E-state index in [1.54, 1.807) is 14.2 Å². The van der Waals surface area contributed by atoms with Crippen LogP contribution in [0, 0.1) is 5.92 Å². The van der Waals surface area contributed by atoms with Crippen molar-refractivity contribution < 1.29 is 14.3 Å². The van der Waals surface area contributed by atoms with Crippen molar-refractivity contribution in [2.24, 2.45) is 5.92 Å². The molecule has 26 heavy (non-hydrogen) atoms. The Labute approximate surface area is 155 Å². The van der Waals surface area contributed by atoms with Crippen LogP contribution in [0.2, 0.25) is 0 Å². The first-order chi connectivity index (χ1) is 12.7. The maximum Gasteiger partial charge on any atom is 0.220 e. The molecule has 4 heteroatoms. The molecular formula is C22H27NO3. The highest BCUT2D eigenvalue weighted by atomic mass is 16.5. The van der Waals surface area contributed by atoms with Gasteiger partial charge in [-0.15, -0.1) is 0 Å². The maximum absolute atomic E-state index is 12.4. The van der Waals surface area contributed by atoms with E-state index in [9.17, 15) is 4.79 Å². The van der Waals surface area contributed by atoms with E-state index in [4.69, 9.17) is 9.47 Å². The summed E-state index contributed by atoms with van der Waals surface area (Å²) in [6.45, 7) is 0.645. The van der Waals surface area contributed by atoms with Gasteiger partial charge < -0.3 is 14.8 Å². The van der Waals surface area contributed by atoms with Gasteiger partial charge in [-0.3, -0.25) is 4.79 Å². The van der Waals surface area contributed by atoms with Crippen LogP contribution in [-0.4, -0.2) is 26.7 Å². The molecule has 0 bridgehead atoms. The Hall–Kier alpha value is -2.49. The monoisotopic (exact) mass is 353 g/mol. The molecule has 1 amide bonds. The van der Waals surface area contributed by atoms with Crippen molar-refractivity contribution >= 4 is 5.91 Å². The van der Waals surface area contributed by atoms with Gasteiger partial charge in [0.15, 0.2) is 0 Å². The van der Waals surface area contributed by atoms with E-state index in [1.807, 2.05) is 30.3 Å². The largest absolute Gasteiger partial charge is 0.497 e. The van der Waals surface area contributed by atoms with Crippen molar-refractivity contribution in [1.82, 2.24) is 5.32 Å². The van der Waals surface area contributed by atoms with Crippen molar-refractivity contribution in [2.75, 3.05) is 20.8 Å². The lowest BCUT2D eigenvalue weighted by molar-refractivity contribution is -0.121. The van der Waals surface area contributed by atoms with Crippen molar-refractivity contribution in [3.05, 3.63) is 59.7 Å². The summed E-state index contributed by atoms with van der Waals surface area (Å²) in [6, 6.07) is 16.1. The molecule has 1 unspecified atom stereocenters. The third-order valence-corrected chi connectivity index (χ3v) is 5.01. The highest BCUT2D eigenvalue weighted by molar-refractivity contribution is 5.77. The Morgan fingerprint density at radius 3 is 2.46 bits per heavy atom. The lowest BCUT2D eigenvalue weighted by Crippen LogP contribution is -2.27. The molecule has 0 heterocycles. The fourth-order valence-electron chi connectivity index (χ4n) is 3.35. The molecule has 2 aromatic carbocycles. The van der Waals surface area contributed by atoms with Gasteiger partial charge in [-0.2, -0.15) is 0 Å². The van der Waals surface area contributed by atoms with Gasteiger partial charge in [0.25, 0.3) is 0 Å². The van der Waals surface area contributed by atoms with E-state index < -0.39 is 0 Å². The summed E-state index contributed by atoms with van der Waals surface area (Å²) in [5.74, 6) is 2.76. The number of ether oxygens (including phenoxy) is 2. The van der Waals surface area contributed by atoms with E-state index in [1.165, 1.54) is 24.0 Å². The molecule has 3 rings (SSSR count). The van der Waals surface area contributed by atoms with Crippen LogP contribution in [0.3, 0.4) is 0 Å². The van der Waals surface area contributed by atoms with Crippen LogP contribution in [0.5, 0.6) is 11.5 Å². The second kappa shape index (κ2) is 8.75. The molecule has 1 saturated carbocycles. The topological polar surface area (TPSA) is 47.6 Å². The minimum Gasteiger partial charge on any atom is -0.497 e. The molecule has 0 spiro atoms. The second-order valence-corrected chi connectivity index (χ2v) is 6.87. The summed E-state index contributed by atoms with van der Waals surface area (Å²) in [7, 11) is 3.33. The fraction of sp³-hybridized carbons (Fsp3) is 0.409. The first kappa shape index (κ1) is 18.3. The van der Waals surface area contributed by atoms with E-state index in [0.29, 0.717) is 24.8 Å². The zero-order chi connectivity index (χ0) is 18.4. The summed E-state index contributed by atoms with van der Waals surface area (Å²) >= 11 is 0. The van der Waals surface area contributed by atoms with E-state index in [0.717, 1.165) is 17.9 Å². The second-order valence-electron chi connectivity index (χ2n) is 6.87. The number of carbonyl (C=O) groups is 1. The van der Waals surface area contributed by atoms with Crippen molar-refractivity contribution in [1.29, 1.82) is 0 Å². The molecule has 1 atom stereocenters. The summed E-state index contributed by atoms with van der Waals surface area (Å²) < 4.78 is 10.5. The van der Waals surface area contributed by atoms with Gasteiger partial charge in [0, 0.05) is 13.0 Å².